The molecule has 0 amide bonds. The first-order valence-corrected chi connectivity index (χ1v) is 6.24. The van der Waals surface area contributed by atoms with Gasteiger partial charge in [-0.05, 0) is 39.0 Å². The van der Waals surface area contributed by atoms with Gasteiger partial charge in [-0.1, -0.05) is 0 Å². The molecule has 1 atom stereocenters. The Bertz CT molecular complexity index is 564. The minimum absolute atomic E-state index is 0.262. The lowest BCUT2D eigenvalue weighted by Gasteiger charge is -2.12. The second-order valence-electron chi connectivity index (χ2n) is 4.82. The molecule has 0 saturated carbocycles. The summed E-state index contributed by atoms with van der Waals surface area (Å²) in [4.78, 5) is 0. The van der Waals surface area contributed by atoms with Gasteiger partial charge < -0.3 is 10.5 Å². The Labute approximate surface area is 112 Å². The fourth-order valence-electron chi connectivity index (χ4n) is 1.75. The van der Waals surface area contributed by atoms with E-state index in [1.165, 1.54) is 12.1 Å². The number of halogens is 1. The van der Waals surface area contributed by atoms with E-state index in [0.29, 0.717) is 17.1 Å². The minimum atomic E-state index is -0.322. The van der Waals surface area contributed by atoms with Gasteiger partial charge in [-0.25, -0.2) is 4.39 Å². The number of benzene rings is 1. The first kappa shape index (κ1) is 13.5. The lowest BCUT2D eigenvalue weighted by Crippen LogP contribution is -2.07. The van der Waals surface area contributed by atoms with E-state index in [2.05, 4.69) is 5.10 Å². The molecular weight excluding hydrogens is 245 g/mol. The normalized spacial score (nSPS) is 12.7. The molecule has 0 aliphatic rings. The van der Waals surface area contributed by atoms with Crippen LogP contribution in [0.25, 0.3) is 0 Å². The van der Waals surface area contributed by atoms with Crippen molar-refractivity contribution >= 4 is 0 Å². The molecule has 2 N–H and O–H groups in total. The van der Waals surface area contributed by atoms with Crippen molar-refractivity contribution in [1.82, 2.24) is 9.78 Å². The van der Waals surface area contributed by atoms with Crippen LogP contribution >= 0.6 is 0 Å². The largest absolute Gasteiger partial charge is 0.454 e. The van der Waals surface area contributed by atoms with Crippen LogP contribution in [0.1, 0.15) is 38.4 Å². The van der Waals surface area contributed by atoms with Crippen LogP contribution in [0.15, 0.2) is 30.6 Å². The minimum Gasteiger partial charge on any atom is -0.454 e. The predicted octanol–water partition coefficient (Wildman–Crippen LogP) is 3.42. The maximum atomic E-state index is 13.2. The van der Waals surface area contributed by atoms with Crippen LogP contribution in [0.4, 0.5) is 4.39 Å². The number of ether oxygens (including phenoxy) is 1. The van der Waals surface area contributed by atoms with Crippen molar-refractivity contribution in [3.8, 4) is 11.5 Å². The third-order valence-corrected chi connectivity index (χ3v) is 2.80. The molecule has 0 spiro atoms. The van der Waals surface area contributed by atoms with E-state index in [1.807, 2.05) is 13.8 Å². The molecular formula is C14H18FN3O. The van der Waals surface area contributed by atoms with Crippen molar-refractivity contribution in [2.24, 2.45) is 5.73 Å². The molecule has 0 aliphatic heterocycles. The quantitative estimate of drug-likeness (QED) is 0.919. The standard InChI is InChI=1S/C14H18FN3O/c1-9(2)18-8-12(7-17-18)19-14-5-4-11(15)6-13(14)10(3)16/h4-10H,16H2,1-3H3. The molecule has 1 unspecified atom stereocenters. The molecule has 2 rings (SSSR count). The van der Waals surface area contributed by atoms with Crippen molar-refractivity contribution in [1.29, 1.82) is 0 Å². The van der Waals surface area contributed by atoms with Crippen LogP contribution in [0.2, 0.25) is 0 Å². The summed E-state index contributed by atoms with van der Waals surface area (Å²) < 4.78 is 20.8. The summed E-state index contributed by atoms with van der Waals surface area (Å²) in [6, 6.07) is 4.30. The topological polar surface area (TPSA) is 53.1 Å². The molecule has 0 saturated heterocycles. The maximum Gasteiger partial charge on any atom is 0.165 e. The number of rotatable bonds is 4. The van der Waals surface area contributed by atoms with Gasteiger partial charge in [0.15, 0.2) is 5.75 Å². The molecule has 19 heavy (non-hydrogen) atoms. The van der Waals surface area contributed by atoms with Crippen LogP contribution in [0, 0.1) is 5.82 Å². The first-order valence-electron chi connectivity index (χ1n) is 6.24. The van der Waals surface area contributed by atoms with E-state index in [9.17, 15) is 4.39 Å². The lowest BCUT2D eigenvalue weighted by molar-refractivity contribution is 0.465. The van der Waals surface area contributed by atoms with Crippen molar-refractivity contribution in [2.45, 2.75) is 32.9 Å². The molecule has 1 heterocycles. The summed E-state index contributed by atoms with van der Waals surface area (Å²) in [7, 11) is 0. The van der Waals surface area contributed by atoms with Crippen LogP contribution in [-0.2, 0) is 0 Å². The Balaban J connectivity index is 2.27. The Morgan fingerprint density at radius 1 is 1.32 bits per heavy atom. The lowest BCUT2D eigenvalue weighted by atomic mass is 10.1. The molecule has 0 bridgehead atoms. The van der Waals surface area contributed by atoms with E-state index in [-0.39, 0.29) is 17.9 Å². The van der Waals surface area contributed by atoms with Crippen molar-refractivity contribution < 1.29 is 9.13 Å². The van der Waals surface area contributed by atoms with Gasteiger partial charge in [0.25, 0.3) is 0 Å². The third kappa shape index (κ3) is 3.12. The zero-order valence-electron chi connectivity index (χ0n) is 11.3. The number of nitrogens with zero attached hydrogens (tertiary/aromatic N) is 2. The number of aromatic nitrogens is 2. The Kier molecular flexibility index (Phi) is 3.85. The molecule has 0 radical (unpaired) electrons. The van der Waals surface area contributed by atoms with E-state index >= 15 is 0 Å². The Morgan fingerprint density at radius 3 is 2.63 bits per heavy atom. The highest BCUT2D eigenvalue weighted by Crippen LogP contribution is 2.29. The SMILES string of the molecule is CC(N)c1cc(F)ccc1Oc1cnn(C(C)C)c1. The summed E-state index contributed by atoms with van der Waals surface area (Å²) in [5.41, 5.74) is 6.46. The molecule has 2 aromatic rings. The second-order valence-corrected chi connectivity index (χ2v) is 4.82. The van der Waals surface area contributed by atoms with Crippen LogP contribution in [-0.4, -0.2) is 9.78 Å². The molecule has 5 heteroatoms. The van der Waals surface area contributed by atoms with Crippen LogP contribution in [0.3, 0.4) is 0 Å². The predicted molar refractivity (Wildman–Crippen MR) is 71.7 cm³/mol. The number of nitrogens with two attached hydrogens (primary N) is 1. The van der Waals surface area contributed by atoms with Crippen molar-refractivity contribution in [3.63, 3.8) is 0 Å². The summed E-state index contributed by atoms with van der Waals surface area (Å²) >= 11 is 0. The molecule has 1 aromatic carbocycles. The summed E-state index contributed by atoms with van der Waals surface area (Å²) in [5.74, 6) is 0.847. The zero-order valence-corrected chi connectivity index (χ0v) is 11.3. The first-order chi connectivity index (χ1) is 8.97. The highest BCUT2D eigenvalue weighted by Gasteiger charge is 2.11. The summed E-state index contributed by atoms with van der Waals surface area (Å²) in [6.07, 6.45) is 3.44. The smallest absolute Gasteiger partial charge is 0.165 e. The Hall–Kier alpha value is -1.88. The monoisotopic (exact) mass is 263 g/mol. The summed E-state index contributed by atoms with van der Waals surface area (Å²) in [5, 5.41) is 4.19. The van der Waals surface area contributed by atoms with E-state index in [4.69, 9.17) is 10.5 Å². The van der Waals surface area contributed by atoms with Gasteiger partial charge in [0.2, 0.25) is 0 Å². The van der Waals surface area contributed by atoms with E-state index in [0.717, 1.165) is 0 Å². The van der Waals surface area contributed by atoms with Gasteiger partial charge in [-0.15, -0.1) is 0 Å². The highest BCUT2D eigenvalue weighted by molar-refractivity contribution is 5.38. The average molecular weight is 263 g/mol. The van der Waals surface area contributed by atoms with Crippen molar-refractivity contribution in [3.05, 3.63) is 42.0 Å². The fraction of sp³-hybridized carbons (Fsp3) is 0.357. The van der Waals surface area contributed by atoms with Gasteiger partial charge in [0.1, 0.15) is 11.6 Å². The van der Waals surface area contributed by atoms with E-state index in [1.54, 1.807) is 30.1 Å². The summed E-state index contributed by atoms with van der Waals surface area (Å²) in [6.45, 7) is 5.85. The third-order valence-electron chi connectivity index (χ3n) is 2.80. The number of hydrogen-bond donors (Lipinski definition) is 1. The highest BCUT2D eigenvalue weighted by atomic mass is 19.1. The molecule has 1 aromatic heterocycles. The van der Waals surface area contributed by atoms with Crippen molar-refractivity contribution in [2.75, 3.05) is 0 Å². The van der Waals surface area contributed by atoms with Crippen LogP contribution < -0.4 is 10.5 Å². The zero-order chi connectivity index (χ0) is 14.0. The number of hydrogen-bond acceptors (Lipinski definition) is 3. The molecule has 4 nitrogen and oxygen atoms in total. The van der Waals surface area contributed by atoms with E-state index < -0.39 is 0 Å². The van der Waals surface area contributed by atoms with Gasteiger partial charge >= 0.3 is 0 Å². The molecule has 102 valence electrons. The van der Waals surface area contributed by atoms with Gasteiger partial charge in [0, 0.05) is 17.6 Å². The molecule has 0 fully saturated rings. The fourth-order valence-corrected chi connectivity index (χ4v) is 1.75. The Morgan fingerprint density at radius 2 is 2.05 bits per heavy atom. The van der Waals surface area contributed by atoms with Gasteiger partial charge in [0.05, 0.1) is 12.4 Å². The van der Waals surface area contributed by atoms with Gasteiger partial charge in [-0.2, -0.15) is 5.10 Å². The molecule has 0 aliphatic carbocycles. The second kappa shape index (κ2) is 5.40. The maximum absolute atomic E-state index is 13.2. The van der Waals surface area contributed by atoms with Gasteiger partial charge in [-0.3, -0.25) is 4.68 Å². The average Bonchev–Trinajstić information content (AvgIpc) is 2.80. The van der Waals surface area contributed by atoms with Crippen LogP contribution in [0.5, 0.6) is 11.5 Å².